The number of aromatic carboxylic acids is 1. The van der Waals surface area contributed by atoms with E-state index in [0.29, 0.717) is 0 Å². The summed E-state index contributed by atoms with van der Waals surface area (Å²) in [6.45, 7) is 0. The highest BCUT2D eigenvalue weighted by molar-refractivity contribution is 6.36. The van der Waals surface area contributed by atoms with Gasteiger partial charge in [0.25, 0.3) is 0 Å². The molecule has 0 aliphatic rings. The zero-order valence-corrected chi connectivity index (χ0v) is 9.73. The van der Waals surface area contributed by atoms with E-state index in [4.69, 9.17) is 34.0 Å². The van der Waals surface area contributed by atoms with Gasteiger partial charge in [0.1, 0.15) is 5.15 Å². The predicted molar refractivity (Wildman–Crippen MR) is 60.6 cm³/mol. The minimum atomic E-state index is -1.26. The quantitative estimate of drug-likeness (QED) is 0.659. The minimum absolute atomic E-state index is 0.00861. The highest BCUT2D eigenvalue weighted by atomic mass is 35.5. The SMILES string of the molecule is CNC.Nc1cc(Cl)nc(C(=O)O)c1Cl. The van der Waals surface area contributed by atoms with E-state index in [1.807, 2.05) is 14.1 Å². The number of carboxylic acids is 1. The maximum atomic E-state index is 10.5. The Bertz CT molecular complexity index is 358. The summed E-state index contributed by atoms with van der Waals surface area (Å²) in [5.41, 5.74) is 5.11. The van der Waals surface area contributed by atoms with Crippen LogP contribution in [0, 0.1) is 0 Å². The van der Waals surface area contributed by atoms with Crippen LogP contribution < -0.4 is 11.1 Å². The van der Waals surface area contributed by atoms with Gasteiger partial charge in [0, 0.05) is 0 Å². The molecule has 1 rings (SSSR count). The summed E-state index contributed by atoms with van der Waals surface area (Å²) in [5.74, 6) is -1.26. The monoisotopic (exact) mass is 251 g/mol. The number of nitrogens with zero attached hydrogens (tertiary/aromatic N) is 1. The Morgan fingerprint density at radius 2 is 2.00 bits per heavy atom. The van der Waals surface area contributed by atoms with Crippen molar-refractivity contribution in [2.45, 2.75) is 0 Å². The molecular formula is C8H11Cl2N3O2. The van der Waals surface area contributed by atoms with E-state index in [-0.39, 0.29) is 21.6 Å². The summed E-state index contributed by atoms with van der Waals surface area (Å²) in [7, 11) is 3.75. The Kier molecular flexibility index (Phi) is 6.00. The van der Waals surface area contributed by atoms with Crippen LogP contribution in [0.2, 0.25) is 10.2 Å². The molecule has 0 saturated carbocycles. The van der Waals surface area contributed by atoms with Gasteiger partial charge in [0.2, 0.25) is 0 Å². The van der Waals surface area contributed by atoms with Crippen LogP contribution in [0.3, 0.4) is 0 Å². The van der Waals surface area contributed by atoms with Crippen molar-refractivity contribution in [3.05, 3.63) is 21.9 Å². The first kappa shape index (κ1) is 14.0. The highest BCUT2D eigenvalue weighted by Crippen LogP contribution is 2.24. The van der Waals surface area contributed by atoms with Crippen molar-refractivity contribution in [2.24, 2.45) is 0 Å². The van der Waals surface area contributed by atoms with Crippen molar-refractivity contribution in [3.8, 4) is 0 Å². The number of hydrogen-bond acceptors (Lipinski definition) is 4. The van der Waals surface area contributed by atoms with Crippen molar-refractivity contribution < 1.29 is 9.90 Å². The summed E-state index contributed by atoms with van der Waals surface area (Å²) in [6.07, 6.45) is 0. The molecule has 0 atom stereocenters. The number of nitrogens with two attached hydrogens (primary N) is 1. The molecular weight excluding hydrogens is 241 g/mol. The molecule has 0 spiro atoms. The lowest BCUT2D eigenvalue weighted by Gasteiger charge is -2.01. The molecule has 0 aliphatic carbocycles. The van der Waals surface area contributed by atoms with E-state index in [1.165, 1.54) is 6.07 Å². The topological polar surface area (TPSA) is 88.2 Å². The van der Waals surface area contributed by atoms with Crippen molar-refractivity contribution >= 4 is 34.9 Å². The first-order valence-electron chi connectivity index (χ1n) is 3.87. The molecule has 15 heavy (non-hydrogen) atoms. The Balaban J connectivity index is 0.000000583. The molecule has 0 saturated heterocycles. The number of carbonyl (C=O) groups is 1. The Labute approximate surface area is 97.2 Å². The maximum absolute atomic E-state index is 10.5. The third-order valence-corrected chi connectivity index (χ3v) is 1.75. The number of nitrogen functional groups attached to an aromatic ring is 1. The van der Waals surface area contributed by atoms with Gasteiger partial charge >= 0.3 is 5.97 Å². The van der Waals surface area contributed by atoms with Crippen LogP contribution >= 0.6 is 23.2 Å². The number of hydrogen-bond donors (Lipinski definition) is 3. The van der Waals surface area contributed by atoms with Gasteiger partial charge in [0.15, 0.2) is 5.69 Å². The fraction of sp³-hybridized carbons (Fsp3) is 0.250. The second-order valence-electron chi connectivity index (χ2n) is 2.50. The zero-order valence-electron chi connectivity index (χ0n) is 8.21. The van der Waals surface area contributed by atoms with Crippen molar-refractivity contribution in [1.29, 1.82) is 0 Å². The number of halogens is 2. The van der Waals surface area contributed by atoms with E-state index in [9.17, 15) is 4.79 Å². The molecule has 0 fully saturated rings. The number of rotatable bonds is 1. The molecule has 0 aliphatic heterocycles. The summed E-state index contributed by atoms with van der Waals surface area (Å²) in [4.78, 5) is 14.0. The predicted octanol–water partition coefficient (Wildman–Crippen LogP) is 1.50. The average molecular weight is 252 g/mol. The van der Waals surface area contributed by atoms with Crippen LogP contribution in [0.15, 0.2) is 6.07 Å². The van der Waals surface area contributed by atoms with Crippen molar-refractivity contribution in [3.63, 3.8) is 0 Å². The van der Waals surface area contributed by atoms with Gasteiger partial charge in [0.05, 0.1) is 10.7 Å². The molecule has 0 radical (unpaired) electrons. The molecule has 5 nitrogen and oxygen atoms in total. The normalized spacial score (nSPS) is 9.07. The van der Waals surface area contributed by atoms with Gasteiger partial charge in [-0.15, -0.1) is 0 Å². The van der Waals surface area contributed by atoms with Crippen LogP contribution in [0.5, 0.6) is 0 Å². The van der Waals surface area contributed by atoms with Crippen molar-refractivity contribution in [2.75, 3.05) is 19.8 Å². The number of aromatic nitrogens is 1. The Hall–Kier alpha value is -1.04. The molecule has 4 N–H and O–H groups in total. The number of carboxylic acid groups (broad SMARTS) is 1. The second kappa shape index (κ2) is 6.44. The van der Waals surface area contributed by atoms with E-state index < -0.39 is 5.97 Å². The van der Waals surface area contributed by atoms with Gasteiger partial charge in [-0.05, 0) is 20.2 Å². The summed E-state index contributed by atoms with van der Waals surface area (Å²) >= 11 is 11.0. The second-order valence-corrected chi connectivity index (χ2v) is 3.27. The van der Waals surface area contributed by atoms with E-state index in [0.717, 1.165) is 0 Å². The van der Waals surface area contributed by atoms with E-state index in [1.54, 1.807) is 0 Å². The van der Waals surface area contributed by atoms with E-state index in [2.05, 4.69) is 10.3 Å². The van der Waals surface area contributed by atoms with Gasteiger partial charge in [-0.2, -0.15) is 0 Å². The fourth-order valence-corrected chi connectivity index (χ4v) is 1.04. The molecule has 1 aromatic rings. The summed E-state index contributed by atoms with van der Waals surface area (Å²) < 4.78 is 0. The third kappa shape index (κ3) is 4.33. The largest absolute Gasteiger partial charge is 0.476 e. The lowest BCUT2D eigenvalue weighted by atomic mass is 10.3. The van der Waals surface area contributed by atoms with Crippen LogP contribution in [-0.2, 0) is 0 Å². The maximum Gasteiger partial charge on any atom is 0.356 e. The first-order chi connectivity index (χ1) is 6.93. The zero-order chi connectivity index (χ0) is 12.0. The van der Waals surface area contributed by atoms with Gasteiger partial charge in [-0.25, -0.2) is 9.78 Å². The lowest BCUT2D eigenvalue weighted by Crippen LogP contribution is -2.03. The highest BCUT2D eigenvalue weighted by Gasteiger charge is 2.13. The van der Waals surface area contributed by atoms with Crippen LogP contribution in [0.1, 0.15) is 10.5 Å². The molecule has 1 heterocycles. The molecule has 7 heteroatoms. The molecule has 0 bridgehead atoms. The Morgan fingerprint density at radius 1 is 1.53 bits per heavy atom. The van der Waals surface area contributed by atoms with E-state index >= 15 is 0 Å². The van der Waals surface area contributed by atoms with Gasteiger partial charge in [-0.1, -0.05) is 23.2 Å². The standard InChI is InChI=1S/C6H4Cl2N2O2.C2H7N/c7-3-1-2(9)4(8)5(10-3)6(11)12;1-3-2/h1H,(H2,9,10)(H,11,12);3H,1-2H3. The van der Waals surface area contributed by atoms with Crippen LogP contribution in [-0.4, -0.2) is 30.2 Å². The smallest absolute Gasteiger partial charge is 0.356 e. The van der Waals surface area contributed by atoms with Gasteiger partial charge in [-0.3, -0.25) is 0 Å². The molecule has 0 unspecified atom stereocenters. The molecule has 1 aromatic heterocycles. The molecule has 0 amide bonds. The minimum Gasteiger partial charge on any atom is -0.476 e. The van der Waals surface area contributed by atoms with Crippen molar-refractivity contribution in [1.82, 2.24) is 10.3 Å². The molecule has 84 valence electrons. The number of nitrogens with one attached hydrogen (secondary N) is 1. The summed E-state index contributed by atoms with van der Waals surface area (Å²) in [5, 5.41) is 11.2. The summed E-state index contributed by atoms with van der Waals surface area (Å²) in [6, 6.07) is 1.29. The van der Waals surface area contributed by atoms with Crippen LogP contribution in [0.25, 0.3) is 0 Å². The number of anilines is 1. The third-order valence-electron chi connectivity index (χ3n) is 1.16. The Morgan fingerprint density at radius 3 is 2.40 bits per heavy atom. The first-order valence-corrected chi connectivity index (χ1v) is 4.62. The lowest BCUT2D eigenvalue weighted by molar-refractivity contribution is 0.0691. The average Bonchev–Trinajstić information content (AvgIpc) is 2.12. The number of pyridine rings is 1. The van der Waals surface area contributed by atoms with Crippen LogP contribution in [0.4, 0.5) is 5.69 Å². The fourth-order valence-electron chi connectivity index (χ4n) is 0.658. The molecule has 0 aromatic carbocycles. The van der Waals surface area contributed by atoms with Gasteiger partial charge < -0.3 is 16.2 Å².